The highest BCUT2D eigenvalue weighted by Crippen LogP contribution is 2.52. The van der Waals surface area contributed by atoms with Gasteiger partial charge < -0.3 is 21.1 Å². The minimum atomic E-state index is -0.394. The number of halogens is 2. The zero-order valence-electron chi connectivity index (χ0n) is 18.7. The molecule has 0 aliphatic heterocycles. The standard InChI is InChI=1S/C25H29Cl2N3O3/c1-25(17-5-2-3-6-17)14-16-13-19(21(26)22(27)20(16)23(25)31)33-12-4-11-32-18-9-7-15(8-10-18)24(28)30-29/h7-10,13,17H,2-6,11-12,14,29H2,1H3,(H2,28,30). The number of Topliss-reactive ketones (excluding diaryl/α,β-unsaturated/α-hetero) is 1. The summed E-state index contributed by atoms with van der Waals surface area (Å²) in [6.45, 7) is 2.96. The number of benzene rings is 2. The smallest absolute Gasteiger partial charge is 0.171 e. The number of hydrazone groups is 1. The normalized spacial score (nSPS) is 20.8. The van der Waals surface area contributed by atoms with Crippen LogP contribution in [0, 0.1) is 11.3 Å². The molecule has 0 spiro atoms. The number of carbonyl (C=O) groups is 1. The van der Waals surface area contributed by atoms with E-state index in [9.17, 15) is 4.79 Å². The van der Waals surface area contributed by atoms with Gasteiger partial charge in [-0.05, 0) is 61.1 Å². The molecule has 2 aromatic carbocycles. The zero-order valence-corrected chi connectivity index (χ0v) is 20.2. The second-order valence-corrected chi connectivity index (χ2v) is 9.79. The molecule has 8 heteroatoms. The Balaban J connectivity index is 1.35. The largest absolute Gasteiger partial charge is 0.493 e. The van der Waals surface area contributed by atoms with Crippen LogP contribution >= 0.6 is 23.2 Å². The lowest BCUT2D eigenvalue weighted by Gasteiger charge is -2.29. The molecule has 0 heterocycles. The van der Waals surface area contributed by atoms with Gasteiger partial charge in [-0.15, -0.1) is 0 Å². The Hall–Kier alpha value is -2.44. The monoisotopic (exact) mass is 489 g/mol. The Morgan fingerprint density at radius 3 is 2.45 bits per heavy atom. The third kappa shape index (κ3) is 4.64. The molecule has 1 atom stereocenters. The number of fused-ring (bicyclic) bond motifs is 1. The molecule has 2 aliphatic rings. The summed E-state index contributed by atoms with van der Waals surface area (Å²) >= 11 is 13.0. The van der Waals surface area contributed by atoms with Crippen molar-refractivity contribution in [2.45, 2.75) is 45.4 Å². The molecule has 0 aromatic heterocycles. The van der Waals surface area contributed by atoms with Gasteiger partial charge in [-0.1, -0.05) is 43.0 Å². The van der Waals surface area contributed by atoms with Crippen molar-refractivity contribution < 1.29 is 14.3 Å². The van der Waals surface area contributed by atoms with Gasteiger partial charge in [0.1, 0.15) is 22.4 Å². The molecule has 1 fully saturated rings. The van der Waals surface area contributed by atoms with E-state index < -0.39 is 5.41 Å². The first-order valence-electron chi connectivity index (χ1n) is 11.3. The molecule has 176 valence electrons. The fraction of sp³-hybridized carbons (Fsp3) is 0.440. The number of ether oxygens (including phenoxy) is 2. The first-order chi connectivity index (χ1) is 15.8. The molecule has 2 aliphatic carbocycles. The van der Waals surface area contributed by atoms with Gasteiger partial charge in [-0.2, -0.15) is 5.10 Å². The van der Waals surface area contributed by atoms with Gasteiger partial charge in [-0.3, -0.25) is 4.79 Å². The number of carbonyl (C=O) groups excluding carboxylic acids is 1. The maximum Gasteiger partial charge on any atom is 0.171 e. The van der Waals surface area contributed by atoms with E-state index >= 15 is 0 Å². The summed E-state index contributed by atoms with van der Waals surface area (Å²) in [6.07, 6.45) is 5.92. The van der Waals surface area contributed by atoms with Crippen molar-refractivity contribution in [1.82, 2.24) is 0 Å². The number of hydrogen-bond acceptors (Lipinski definition) is 5. The van der Waals surface area contributed by atoms with Crippen molar-refractivity contribution >= 4 is 34.8 Å². The molecular formula is C25H29Cl2N3O3. The van der Waals surface area contributed by atoms with Crippen LogP contribution in [0.4, 0.5) is 0 Å². The second-order valence-electron chi connectivity index (χ2n) is 9.03. The molecule has 1 saturated carbocycles. The van der Waals surface area contributed by atoms with Gasteiger partial charge in [0, 0.05) is 23.0 Å². The molecule has 4 rings (SSSR count). The Morgan fingerprint density at radius 2 is 1.79 bits per heavy atom. The lowest BCUT2D eigenvalue weighted by atomic mass is 9.73. The van der Waals surface area contributed by atoms with Gasteiger partial charge >= 0.3 is 0 Å². The van der Waals surface area contributed by atoms with E-state index in [0.29, 0.717) is 59.1 Å². The fourth-order valence-corrected chi connectivity index (χ4v) is 5.53. The third-order valence-corrected chi connectivity index (χ3v) is 7.77. The van der Waals surface area contributed by atoms with Gasteiger partial charge in [-0.25, -0.2) is 0 Å². The summed E-state index contributed by atoms with van der Waals surface area (Å²) in [7, 11) is 0. The van der Waals surface area contributed by atoms with Crippen LogP contribution in [0.2, 0.25) is 10.0 Å². The maximum absolute atomic E-state index is 13.3. The molecule has 6 nitrogen and oxygen atoms in total. The zero-order chi connectivity index (χ0) is 23.6. The Morgan fingerprint density at radius 1 is 1.12 bits per heavy atom. The van der Waals surface area contributed by atoms with E-state index in [1.54, 1.807) is 12.1 Å². The van der Waals surface area contributed by atoms with Crippen molar-refractivity contribution in [3.05, 3.63) is 57.1 Å². The van der Waals surface area contributed by atoms with Gasteiger partial charge in [0.25, 0.3) is 0 Å². The van der Waals surface area contributed by atoms with E-state index in [2.05, 4.69) is 12.0 Å². The Bertz CT molecular complexity index is 1070. The van der Waals surface area contributed by atoms with Crippen LogP contribution in [0.1, 0.15) is 60.5 Å². The molecule has 33 heavy (non-hydrogen) atoms. The molecule has 0 radical (unpaired) electrons. The Kier molecular flexibility index (Phi) is 7.05. The highest BCUT2D eigenvalue weighted by atomic mass is 35.5. The van der Waals surface area contributed by atoms with E-state index in [1.807, 2.05) is 18.2 Å². The predicted octanol–water partition coefficient (Wildman–Crippen LogP) is 5.36. The molecular weight excluding hydrogens is 461 g/mol. The first kappa shape index (κ1) is 23.7. The van der Waals surface area contributed by atoms with Gasteiger partial charge in [0.2, 0.25) is 0 Å². The highest BCUT2D eigenvalue weighted by molar-refractivity contribution is 6.45. The topological polar surface area (TPSA) is 99.9 Å². The molecule has 0 saturated heterocycles. The summed E-state index contributed by atoms with van der Waals surface area (Å²) in [5, 5.41) is 4.08. The van der Waals surface area contributed by atoms with Crippen LogP contribution in [0.5, 0.6) is 11.5 Å². The quantitative estimate of drug-likeness (QED) is 0.171. The van der Waals surface area contributed by atoms with Crippen molar-refractivity contribution in [2.75, 3.05) is 13.2 Å². The summed E-state index contributed by atoms with van der Waals surface area (Å²) in [4.78, 5) is 13.3. The molecule has 1 unspecified atom stereocenters. The van der Waals surface area contributed by atoms with Gasteiger partial charge in [0.15, 0.2) is 5.78 Å². The predicted molar refractivity (Wildman–Crippen MR) is 132 cm³/mol. The average molecular weight is 490 g/mol. The first-order valence-corrected chi connectivity index (χ1v) is 12.1. The molecule has 4 N–H and O–H groups in total. The summed E-state index contributed by atoms with van der Waals surface area (Å²) in [5.41, 5.74) is 7.54. The summed E-state index contributed by atoms with van der Waals surface area (Å²) < 4.78 is 11.7. The Labute approximate surface area is 204 Å². The molecule has 0 amide bonds. The van der Waals surface area contributed by atoms with Crippen molar-refractivity contribution in [2.24, 2.45) is 28.0 Å². The van der Waals surface area contributed by atoms with Crippen LogP contribution in [0.15, 0.2) is 35.4 Å². The minimum Gasteiger partial charge on any atom is -0.493 e. The lowest BCUT2D eigenvalue weighted by molar-refractivity contribution is 0.0744. The average Bonchev–Trinajstić information content (AvgIpc) is 3.45. The second kappa shape index (κ2) is 9.82. The van der Waals surface area contributed by atoms with E-state index in [-0.39, 0.29) is 11.6 Å². The minimum absolute atomic E-state index is 0.127. The highest BCUT2D eigenvalue weighted by Gasteiger charge is 2.49. The van der Waals surface area contributed by atoms with Crippen molar-refractivity contribution in [3.63, 3.8) is 0 Å². The van der Waals surface area contributed by atoms with Crippen LogP contribution in [0.3, 0.4) is 0 Å². The third-order valence-electron chi connectivity index (χ3n) is 6.92. The number of ketones is 1. The van der Waals surface area contributed by atoms with Crippen molar-refractivity contribution in [1.29, 1.82) is 0 Å². The van der Waals surface area contributed by atoms with E-state index in [0.717, 1.165) is 24.0 Å². The van der Waals surface area contributed by atoms with Crippen LogP contribution < -0.4 is 21.1 Å². The number of nitrogens with two attached hydrogens (primary N) is 2. The van der Waals surface area contributed by atoms with Crippen molar-refractivity contribution in [3.8, 4) is 11.5 Å². The van der Waals surface area contributed by atoms with Gasteiger partial charge in [0.05, 0.1) is 18.2 Å². The van der Waals surface area contributed by atoms with Crippen LogP contribution in [0.25, 0.3) is 0 Å². The van der Waals surface area contributed by atoms with E-state index in [4.69, 9.17) is 44.3 Å². The SMILES string of the molecule is CC1(C2CCCC2)Cc2cc(OCCCOc3ccc(/C(N)=N/N)cc3)c(Cl)c(Cl)c2C1=O. The summed E-state index contributed by atoms with van der Waals surface area (Å²) in [6, 6.07) is 9.10. The number of amidine groups is 1. The lowest BCUT2D eigenvalue weighted by Crippen LogP contribution is -2.32. The number of hydrogen-bond donors (Lipinski definition) is 2. The number of nitrogens with zero attached hydrogens (tertiary/aromatic N) is 1. The molecule has 2 aromatic rings. The number of rotatable bonds is 8. The van der Waals surface area contributed by atoms with E-state index in [1.165, 1.54) is 12.8 Å². The van der Waals surface area contributed by atoms with Crippen LogP contribution in [-0.2, 0) is 6.42 Å². The summed E-state index contributed by atoms with van der Waals surface area (Å²) in [5.74, 6) is 7.22. The van der Waals surface area contributed by atoms with Crippen LogP contribution in [-0.4, -0.2) is 24.8 Å². The molecule has 0 bridgehead atoms. The fourth-order valence-electron chi connectivity index (χ4n) is 5.02. The maximum atomic E-state index is 13.3.